The van der Waals surface area contributed by atoms with Crippen molar-refractivity contribution in [3.63, 3.8) is 0 Å². The maximum atomic E-state index is 12.1. The van der Waals surface area contributed by atoms with E-state index in [0.717, 1.165) is 4.70 Å². The summed E-state index contributed by atoms with van der Waals surface area (Å²) in [6.45, 7) is -0.256. The van der Waals surface area contributed by atoms with Crippen LogP contribution in [0, 0.1) is 10.1 Å². The van der Waals surface area contributed by atoms with Crippen LogP contribution < -0.4 is 19.5 Å². The van der Waals surface area contributed by atoms with Crippen LogP contribution in [-0.4, -0.2) is 36.6 Å². The molecule has 0 radical (unpaired) electrons. The molecule has 140 valence electrons. The Morgan fingerprint density at radius 2 is 1.93 bits per heavy atom. The number of nitro groups is 1. The molecule has 0 aliphatic heterocycles. The summed E-state index contributed by atoms with van der Waals surface area (Å²) >= 11 is 1.28. The molecule has 9 nitrogen and oxygen atoms in total. The van der Waals surface area contributed by atoms with E-state index in [-0.39, 0.29) is 12.3 Å². The number of thiazole rings is 1. The molecule has 3 aromatic rings. The summed E-state index contributed by atoms with van der Waals surface area (Å²) < 4.78 is 16.6. The molecule has 0 atom stereocenters. The van der Waals surface area contributed by atoms with Crippen molar-refractivity contribution in [3.05, 3.63) is 46.5 Å². The van der Waals surface area contributed by atoms with Crippen molar-refractivity contribution < 1.29 is 23.9 Å². The van der Waals surface area contributed by atoms with Gasteiger partial charge >= 0.3 is 0 Å². The molecule has 0 saturated heterocycles. The highest BCUT2D eigenvalue weighted by Gasteiger charge is 2.14. The normalized spacial score (nSPS) is 10.4. The smallest absolute Gasteiger partial charge is 0.269 e. The third-order valence-electron chi connectivity index (χ3n) is 3.55. The number of ether oxygens (including phenoxy) is 3. The first kappa shape index (κ1) is 18.4. The lowest BCUT2D eigenvalue weighted by Gasteiger charge is -2.05. The number of amides is 1. The molecule has 1 amide bonds. The number of non-ortho nitro benzene ring substituents is 1. The van der Waals surface area contributed by atoms with E-state index in [1.54, 1.807) is 19.2 Å². The van der Waals surface area contributed by atoms with E-state index in [9.17, 15) is 14.9 Å². The summed E-state index contributed by atoms with van der Waals surface area (Å²) in [5.74, 6) is 1.12. The van der Waals surface area contributed by atoms with E-state index in [4.69, 9.17) is 14.2 Å². The van der Waals surface area contributed by atoms with Gasteiger partial charge in [-0.3, -0.25) is 20.2 Å². The Kier molecular flexibility index (Phi) is 5.36. The lowest BCUT2D eigenvalue weighted by molar-refractivity contribution is -0.384. The molecule has 1 heterocycles. The molecular weight excluding hydrogens is 374 g/mol. The highest BCUT2D eigenvalue weighted by atomic mass is 32.1. The summed E-state index contributed by atoms with van der Waals surface area (Å²) in [6.07, 6.45) is 0. The molecule has 2 aromatic carbocycles. The third-order valence-corrected chi connectivity index (χ3v) is 4.47. The zero-order chi connectivity index (χ0) is 19.4. The lowest BCUT2D eigenvalue weighted by Crippen LogP contribution is -2.19. The molecule has 0 aliphatic rings. The van der Waals surface area contributed by atoms with Crippen LogP contribution in [0.15, 0.2) is 36.4 Å². The number of fused-ring (bicyclic) bond motifs is 1. The topological polar surface area (TPSA) is 113 Å². The van der Waals surface area contributed by atoms with Gasteiger partial charge in [0.2, 0.25) is 0 Å². The predicted octanol–water partition coefficient (Wildman–Crippen LogP) is 3.24. The number of benzene rings is 2. The second-order valence-electron chi connectivity index (χ2n) is 5.28. The van der Waals surface area contributed by atoms with Gasteiger partial charge in [0.05, 0.1) is 23.8 Å². The Morgan fingerprint density at radius 1 is 1.19 bits per heavy atom. The Morgan fingerprint density at radius 3 is 2.56 bits per heavy atom. The summed E-state index contributed by atoms with van der Waals surface area (Å²) in [5, 5.41) is 13.7. The number of carbonyl (C=O) groups excluding carboxylic acids is 1. The molecule has 10 heteroatoms. The first-order chi connectivity index (χ1) is 13.0. The molecule has 0 fully saturated rings. The van der Waals surface area contributed by atoms with Crippen molar-refractivity contribution in [2.24, 2.45) is 0 Å². The highest BCUT2D eigenvalue weighted by molar-refractivity contribution is 7.22. The van der Waals surface area contributed by atoms with Gasteiger partial charge in [-0.15, -0.1) is 0 Å². The van der Waals surface area contributed by atoms with Crippen LogP contribution in [0.2, 0.25) is 0 Å². The fourth-order valence-corrected chi connectivity index (χ4v) is 3.20. The fraction of sp³-hybridized carbons (Fsp3) is 0.176. The SMILES string of the molecule is COc1cc(OC)c2nc(NC(=O)COc3ccc([N+](=O)[O-])cc3)sc2c1. The van der Waals surface area contributed by atoms with Gasteiger partial charge in [0.15, 0.2) is 11.7 Å². The number of aromatic nitrogens is 1. The van der Waals surface area contributed by atoms with Gasteiger partial charge in [0.1, 0.15) is 22.8 Å². The zero-order valence-electron chi connectivity index (χ0n) is 14.4. The summed E-state index contributed by atoms with van der Waals surface area (Å²) in [7, 11) is 3.09. The number of anilines is 1. The molecule has 0 unspecified atom stereocenters. The monoisotopic (exact) mass is 389 g/mol. The van der Waals surface area contributed by atoms with Gasteiger partial charge in [0, 0.05) is 18.2 Å². The van der Waals surface area contributed by atoms with Crippen molar-refractivity contribution in [1.29, 1.82) is 0 Å². The molecule has 0 bridgehead atoms. The van der Waals surface area contributed by atoms with E-state index in [2.05, 4.69) is 10.3 Å². The number of hydrogen-bond acceptors (Lipinski definition) is 8. The average molecular weight is 389 g/mol. The van der Waals surface area contributed by atoms with Crippen LogP contribution in [0.25, 0.3) is 10.2 Å². The van der Waals surface area contributed by atoms with Gasteiger partial charge < -0.3 is 14.2 Å². The number of methoxy groups -OCH3 is 2. The molecular formula is C17H15N3O6S. The van der Waals surface area contributed by atoms with Crippen molar-refractivity contribution in [2.45, 2.75) is 0 Å². The van der Waals surface area contributed by atoms with E-state index in [1.165, 1.54) is 42.7 Å². The Bertz CT molecular complexity index is 986. The van der Waals surface area contributed by atoms with Crippen LogP contribution >= 0.6 is 11.3 Å². The number of rotatable bonds is 7. The van der Waals surface area contributed by atoms with Gasteiger partial charge in [-0.25, -0.2) is 4.98 Å². The maximum Gasteiger partial charge on any atom is 0.269 e. The maximum absolute atomic E-state index is 12.1. The number of hydrogen-bond donors (Lipinski definition) is 1. The van der Waals surface area contributed by atoms with E-state index in [0.29, 0.717) is 27.9 Å². The fourth-order valence-electron chi connectivity index (χ4n) is 2.27. The van der Waals surface area contributed by atoms with Crippen LogP contribution in [0.5, 0.6) is 17.2 Å². The van der Waals surface area contributed by atoms with Gasteiger partial charge in [-0.1, -0.05) is 11.3 Å². The van der Waals surface area contributed by atoms with E-state index in [1.807, 2.05) is 0 Å². The van der Waals surface area contributed by atoms with Crippen LogP contribution in [0.3, 0.4) is 0 Å². The number of nitro benzene ring substituents is 1. The Balaban J connectivity index is 1.66. The standard InChI is InChI=1S/C17H15N3O6S/c1-24-12-7-13(25-2)16-14(8-12)27-17(19-16)18-15(21)9-26-11-5-3-10(4-6-11)20(22)23/h3-8H,9H2,1-2H3,(H,18,19,21). The van der Waals surface area contributed by atoms with Crippen LogP contribution in [0.1, 0.15) is 0 Å². The number of carbonyl (C=O) groups is 1. The number of nitrogens with zero attached hydrogens (tertiary/aromatic N) is 2. The van der Waals surface area contributed by atoms with Crippen LogP contribution in [0.4, 0.5) is 10.8 Å². The lowest BCUT2D eigenvalue weighted by atomic mass is 10.3. The van der Waals surface area contributed by atoms with E-state index >= 15 is 0 Å². The minimum Gasteiger partial charge on any atom is -0.497 e. The van der Waals surface area contributed by atoms with Gasteiger partial charge in [-0.2, -0.15) is 0 Å². The Labute approximate surface area is 157 Å². The van der Waals surface area contributed by atoms with Crippen LogP contribution in [-0.2, 0) is 4.79 Å². The van der Waals surface area contributed by atoms with Crippen molar-refractivity contribution >= 4 is 38.3 Å². The molecule has 3 rings (SSSR count). The van der Waals surface area contributed by atoms with E-state index < -0.39 is 10.8 Å². The number of nitrogens with one attached hydrogen (secondary N) is 1. The molecule has 27 heavy (non-hydrogen) atoms. The third kappa shape index (κ3) is 4.23. The summed E-state index contributed by atoms with van der Waals surface area (Å²) in [5.41, 5.74) is 0.570. The molecule has 0 aliphatic carbocycles. The minimum atomic E-state index is -0.507. The first-order valence-corrected chi connectivity index (χ1v) is 8.51. The molecule has 0 saturated carbocycles. The zero-order valence-corrected chi connectivity index (χ0v) is 15.2. The average Bonchev–Trinajstić information content (AvgIpc) is 3.07. The summed E-state index contributed by atoms with van der Waals surface area (Å²) in [4.78, 5) is 26.6. The second kappa shape index (κ2) is 7.87. The summed E-state index contributed by atoms with van der Waals surface area (Å²) in [6, 6.07) is 8.99. The van der Waals surface area contributed by atoms with Crippen molar-refractivity contribution in [3.8, 4) is 17.2 Å². The molecule has 0 spiro atoms. The quantitative estimate of drug-likeness (QED) is 0.487. The van der Waals surface area contributed by atoms with Crippen molar-refractivity contribution in [2.75, 3.05) is 26.1 Å². The minimum absolute atomic E-state index is 0.0503. The Hall–Kier alpha value is -3.40. The largest absolute Gasteiger partial charge is 0.497 e. The van der Waals surface area contributed by atoms with Gasteiger partial charge in [-0.05, 0) is 18.2 Å². The first-order valence-electron chi connectivity index (χ1n) is 7.70. The van der Waals surface area contributed by atoms with Gasteiger partial charge in [0.25, 0.3) is 11.6 Å². The second-order valence-corrected chi connectivity index (χ2v) is 6.31. The molecule has 1 N–H and O–H groups in total. The van der Waals surface area contributed by atoms with Crippen molar-refractivity contribution in [1.82, 2.24) is 4.98 Å². The predicted molar refractivity (Wildman–Crippen MR) is 99.9 cm³/mol. The highest BCUT2D eigenvalue weighted by Crippen LogP contribution is 2.36. The molecule has 1 aromatic heterocycles.